The molecule has 3 rings (SSSR count). The van der Waals surface area contributed by atoms with Gasteiger partial charge in [0, 0.05) is 6.92 Å². The highest BCUT2D eigenvalue weighted by Gasteiger charge is 2.42. The first-order valence-electron chi connectivity index (χ1n) is 7.27. The topological polar surface area (TPSA) is 61.8 Å². The molecule has 1 fully saturated rings. The minimum absolute atomic E-state index is 0.357. The first kappa shape index (κ1) is 15.1. The van der Waals surface area contributed by atoms with Crippen LogP contribution in [0, 0.1) is 0 Å². The van der Waals surface area contributed by atoms with Gasteiger partial charge in [0.05, 0.1) is 5.56 Å². The number of benzene rings is 2. The van der Waals surface area contributed by atoms with Crippen molar-refractivity contribution in [2.24, 2.45) is 0 Å². The van der Waals surface area contributed by atoms with Crippen LogP contribution < -0.4 is 4.74 Å². The van der Waals surface area contributed by atoms with Crippen LogP contribution in [0.1, 0.15) is 24.5 Å². The lowest BCUT2D eigenvalue weighted by atomic mass is 10.0. The van der Waals surface area contributed by atoms with Crippen molar-refractivity contribution in [3.8, 4) is 5.75 Å². The molecule has 0 saturated carbocycles. The maximum Gasteiger partial charge on any atom is 0.320 e. The Morgan fingerprint density at radius 3 is 2.26 bits per heavy atom. The minimum Gasteiger partial charge on any atom is -0.488 e. The minimum atomic E-state index is -1.47. The maximum atomic E-state index is 11.6. The SMILES string of the molecule is CC1(c2ccccc2OCc2ccccc2)OC(=O)CC(=O)O1. The van der Waals surface area contributed by atoms with Crippen LogP contribution in [-0.2, 0) is 31.5 Å². The van der Waals surface area contributed by atoms with Gasteiger partial charge in [-0.15, -0.1) is 0 Å². The number of carbonyl (C=O) groups is 2. The maximum absolute atomic E-state index is 11.6. The van der Waals surface area contributed by atoms with Crippen LogP contribution in [0.25, 0.3) is 0 Å². The van der Waals surface area contributed by atoms with Gasteiger partial charge in [0.2, 0.25) is 0 Å². The number of cyclic esters (lactones) is 2. The van der Waals surface area contributed by atoms with Crippen molar-refractivity contribution in [2.45, 2.75) is 25.7 Å². The molecule has 0 spiro atoms. The van der Waals surface area contributed by atoms with E-state index in [1.807, 2.05) is 30.3 Å². The first-order chi connectivity index (χ1) is 11.1. The monoisotopic (exact) mass is 312 g/mol. The van der Waals surface area contributed by atoms with E-state index in [4.69, 9.17) is 14.2 Å². The molecular formula is C18H16O5. The van der Waals surface area contributed by atoms with Crippen molar-refractivity contribution < 1.29 is 23.8 Å². The lowest BCUT2D eigenvalue weighted by Gasteiger charge is -2.33. The Morgan fingerprint density at radius 1 is 0.957 bits per heavy atom. The molecule has 5 heteroatoms. The van der Waals surface area contributed by atoms with Crippen LogP contribution in [-0.4, -0.2) is 11.9 Å². The van der Waals surface area contributed by atoms with Gasteiger partial charge >= 0.3 is 11.9 Å². The summed E-state index contributed by atoms with van der Waals surface area (Å²) in [5.74, 6) is -2.19. The Morgan fingerprint density at radius 2 is 1.57 bits per heavy atom. The number of hydrogen-bond acceptors (Lipinski definition) is 5. The number of para-hydroxylation sites is 1. The predicted molar refractivity (Wildman–Crippen MR) is 81.4 cm³/mol. The van der Waals surface area contributed by atoms with Gasteiger partial charge in [-0.2, -0.15) is 0 Å². The smallest absolute Gasteiger partial charge is 0.320 e. The highest BCUT2D eigenvalue weighted by Crippen LogP contribution is 2.37. The molecule has 1 aliphatic rings. The van der Waals surface area contributed by atoms with Crippen LogP contribution in [0.5, 0.6) is 5.75 Å². The highest BCUT2D eigenvalue weighted by molar-refractivity contribution is 5.93. The van der Waals surface area contributed by atoms with Gasteiger partial charge in [0.15, 0.2) is 0 Å². The number of carbonyl (C=O) groups excluding carboxylic acids is 2. The van der Waals surface area contributed by atoms with Crippen molar-refractivity contribution in [1.82, 2.24) is 0 Å². The molecule has 2 aromatic carbocycles. The second-order valence-corrected chi connectivity index (χ2v) is 5.34. The van der Waals surface area contributed by atoms with E-state index in [9.17, 15) is 9.59 Å². The molecule has 0 bridgehead atoms. The molecule has 0 radical (unpaired) electrons. The van der Waals surface area contributed by atoms with Crippen LogP contribution in [0.3, 0.4) is 0 Å². The average Bonchev–Trinajstić information content (AvgIpc) is 2.53. The summed E-state index contributed by atoms with van der Waals surface area (Å²) in [6, 6.07) is 16.7. The van der Waals surface area contributed by atoms with E-state index >= 15 is 0 Å². The number of rotatable bonds is 4. The van der Waals surface area contributed by atoms with Crippen molar-refractivity contribution in [2.75, 3.05) is 0 Å². The van der Waals surface area contributed by atoms with Gasteiger partial charge < -0.3 is 14.2 Å². The highest BCUT2D eigenvalue weighted by atomic mass is 16.7. The Bertz CT molecular complexity index is 707. The zero-order valence-electron chi connectivity index (χ0n) is 12.7. The molecule has 0 amide bonds. The average molecular weight is 312 g/mol. The summed E-state index contributed by atoms with van der Waals surface area (Å²) < 4.78 is 16.4. The van der Waals surface area contributed by atoms with Gasteiger partial charge in [0.25, 0.3) is 5.79 Å². The van der Waals surface area contributed by atoms with E-state index in [-0.39, 0.29) is 6.42 Å². The van der Waals surface area contributed by atoms with Gasteiger partial charge in [-0.3, -0.25) is 9.59 Å². The molecule has 0 N–H and O–H groups in total. The van der Waals surface area contributed by atoms with E-state index in [0.29, 0.717) is 17.9 Å². The third-order valence-corrected chi connectivity index (χ3v) is 3.52. The molecule has 23 heavy (non-hydrogen) atoms. The molecule has 5 nitrogen and oxygen atoms in total. The predicted octanol–water partition coefficient (Wildman–Crippen LogP) is 2.93. The van der Waals surface area contributed by atoms with E-state index in [2.05, 4.69) is 0 Å². The van der Waals surface area contributed by atoms with Gasteiger partial charge in [0.1, 0.15) is 18.8 Å². The fourth-order valence-electron chi connectivity index (χ4n) is 2.46. The third kappa shape index (κ3) is 3.34. The summed E-state index contributed by atoms with van der Waals surface area (Å²) in [6.45, 7) is 1.89. The molecular weight excluding hydrogens is 296 g/mol. The number of ether oxygens (including phenoxy) is 3. The van der Waals surface area contributed by atoms with E-state index in [1.54, 1.807) is 24.3 Å². The molecule has 1 aliphatic heterocycles. The summed E-state index contributed by atoms with van der Waals surface area (Å²) >= 11 is 0. The van der Waals surface area contributed by atoms with E-state index in [1.165, 1.54) is 6.92 Å². The van der Waals surface area contributed by atoms with Crippen molar-refractivity contribution in [1.29, 1.82) is 0 Å². The number of hydrogen-bond donors (Lipinski definition) is 0. The third-order valence-electron chi connectivity index (χ3n) is 3.52. The molecule has 118 valence electrons. The Hall–Kier alpha value is -2.82. The van der Waals surface area contributed by atoms with Crippen molar-refractivity contribution in [3.63, 3.8) is 0 Å². The Labute approximate surface area is 133 Å². The van der Waals surface area contributed by atoms with Crippen molar-refractivity contribution >= 4 is 11.9 Å². The van der Waals surface area contributed by atoms with Crippen LogP contribution in [0.4, 0.5) is 0 Å². The lowest BCUT2D eigenvalue weighted by Crippen LogP contribution is -2.40. The largest absolute Gasteiger partial charge is 0.488 e. The lowest BCUT2D eigenvalue weighted by molar-refractivity contribution is -0.243. The van der Waals surface area contributed by atoms with Gasteiger partial charge in [-0.05, 0) is 17.7 Å². The summed E-state index contributed by atoms with van der Waals surface area (Å²) in [5.41, 5.74) is 1.50. The normalized spacial score (nSPS) is 16.4. The van der Waals surface area contributed by atoms with Crippen LogP contribution in [0.15, 0.2) is 54.6 Å². The molecule has 0 atom stereocenters. The van der Waals surface area contributed by atoms with Crippen LogP contribution >= 0.6 is 0 Å². The Kier molecular flexibility index (Phi) is 4.02. The molecule has 0 unspecified atom stereocenters. The van der Waals surface area contributed by atoms with Crippen LogP contribution in [0.2, 0.25) is 0 Å². The zero-order valence-corrected chi connectivity index (χ0v) is 12.7. The molecule has 0 aliphatic carbocycles. The number of esters is 2. The van der Waals surface area contributed by atoms with E-state index in [0.717, 1.165) is 5.56 Å². The van der Waals surface area contributed by atoms with Gasteiger partial charge in [-0.25, -0.2) is 0 Å². The summed E-state index contributed by atoms with van der Waals surface area (Å²) in [6.07, 6.45) is -0.372. The summed E-state index contributed by atoms with van der Waals surface area (Å²) in [7, 11) is 0. The molecule has 2 aromatic rings. The first-order valence-corrected chi connectivity index (χ1v) is 7.27. The summed E-state index contributed by atoms with van der Waals surface area (Å²) in [5, 5.41) is 0. The quantitative estimate of drug-likeness (QED) is 0.641. The fraction of sp³-hybridized carbons (Fsp3) is 0.222. The molecule has 1 heterocycles. The van der Waals surface area contributed by atoms with Crippen molar-refractivity contribution in [3.05, 3.63) is 65.7 Å². The van der Waals surface area contributed by atoms with Gasteiger partial charge in [-0.1, -0.05) is 42.5 Å². The second kappa shape index (κ2) is 6.12. The summed E-state index contributed by atoms with van der Waals surface area (Å²) in [4.78, 5) is 23.2. The standard InChI is InChI=1S/C18H16O5/c1-18(22-16(19)11-17(20)23-18)14-9-5-6-10-15(14)21-12-13-7-3-2-4-8-13/h2-10H,11-12H2,1H3. The molecule has 1 saturated heterocycles. The fourth-order valence-corrected chi connectivity index (χ4v) is 2.46. The Balaban J connectivity index is 1.85. The van der Waals surface area contributed by atoms with E-state index < -0.39 is 17.7 Å². The zero-order chi connectivity index (χ0) is 16.3. The molecule has 0 aromatic heterocycles. The second-order valence-electron chi connectivity index (χ2n) is 5.34.